The number of carbonyl (C=O) groups excluding carboxylic acids is 1. The molecule has 0 unspecified atom stereocenters. The average molecular weight is 323 g/mol. The minimum atomic E-state index is -0.377. The molecule has 0 aliphatic rings. The van der Waals surface area contributed by atoms with Crippen molar-refractivity contribution in [2.75, 3.05) is 17.2 Å². The Morgan fingerprint density at radius 1 is 1.19 bits per heavy atom. The molecule has 2 aromatic rings. The van der Waals surface area contributed by atoms with E-state index in [-0.39, 0.29) is 11.6 Å². The Hall–Kier alpha value is -2.11. The van der Waals surface area contributed by atoms with Crippen LogP contribution in [0.4, 0.5) is 11.5 Å². The summed E-state index contributed by atoms with van der Waals surface area (Å²) in [6.07, 6.45) is 3.00. The van der Waals surface area contributed by atoms with E-state index in [0.29, 0.717) is 28.1 Å². The SMILES string of the molecule is C=CCNc1cc(C(=O)Nc2cc(Cl)cc(Cl)c2)ncn1. The highest BCUT2D eigenvalue weighted by atomic mass is 35.5. The second-order valence-corrected chi connectivity index (χ2v) is 4.94. The minimum Gasteiger partial charge on any atom is -0.366 e. The number of aromatic nitrogens is 2. The number of halogens is 2. The molecule has 108 valence electrons. The van der Waals surface area contributed by atoms with Crippen molar-refractivity contribution in [1.29, 1.82) is 0 Å². The number of nitrogens with one attached hydrogen (secondary N) is 2. The molecule has 1 heterocycles. The quantitative estimate of drug-likeness (QED) is 0.825. The van der Waals surface area contributed by atoms with Crippen molar-refractivity contribution < 1.29 is 4.79 Å². The molecule has 0 fully saturated rings. The summed E-state index contributed by atoms with van der Waals surface area (Å²) in [6, 6.07) is 6.33. The molecule has 2 rings (SSSR count). The van der Waals surface area contributed by atoms with Gasteiger partial charge < -0.3 is 10.6 Å². The molecule has 0 radical (unpaired) electrons. The third-order valence-corrected chi connectivity index (χ3v) is 2.88. The van der Waals surface area contributed by atoms with Crippen LogP contribution < -0.4 is 10.6 Å². The van der Waals surface area contributed by atoms with E-state index >= 15 is 0 Å². The highest BCUT2D eigenvalue weighted by Gasteiger charge is 2.10. The maximum atomic E-state index is 12.1. The number of amides is 1. The van der Waals surface area contributed by atoms with Crippen molar-refractivity contribution >= 4 is 40.6 Å². The van der Waals surface area contributed by atoms with Crippen LogP contribution >= 0.6 is 23.2 Å². The molecule has 2 N–H and O–H groups in total. The number of anilines is 2. The number of nitrogens with zero attached hydrogens (tertiary/aromatic N) is 2. The summed E-state index contributed by atoms with van der Waals surface area (Å²) in [5.74, 6) is 0.163. The standard InChI is InChI=1S/C14H12Cl2N4O/c1-2-3-17-13-7-12(18-8-19-13)14(21)20-11-5-9(15)4-10(16)6-11/h2,4-8H,1,3H2,(H,20,21)(H,17,18,19). The van der Waals surface area contributed by atoms with Crippen LogP contribution in [0, 0.1) is 0 Å². The van der Waals surface area contributed by atoms with Crippen molar-refractivity contribution in [2.45, 2.75) is 0 Å². The smallest absolute Gasteiger partial charge is 0.274 e. The molecule has 0 bridgehead atoms. The Morgan fingerprint density at radius 3 is 2.57 bits per heavy atom. The lowest BCUT2D eigenvalue weighted by atomic mass is 10.3. The highest BCUT2D eigenvalue weighted by molar-refractivity contribution is 6.35. The molecule has 0 aliphatic heterocycles. The van der Waals surface area contributed by atoms with Crippen LogP contribution in [0.5, 0.6) is 0 Å². The van der Waals surface area contributed by atoms with E-state index in [2.05, 4.69) is 27.2 Å². The summed E-state index contributed by atoms with van der Waals surface area (Å²) >= 11 is 11.8. The van der Waals surface area contributed by atoms with Gasteiger partial charge in [-0.05, 0) is 18.2 Å². The van der Waals surface area contributed by atoms with E-state index in [1.165, 1.54) is 6.33 Å². The molecule has 0 atom stereocenters. The normalized spacial score (nSPS) is 10.0. The monoisotopic (exact) mass is 322 g/mol. The van der Waals surface area contributed by atoms with E-state index in [1.54, 1.807) is 30.3 Å². The first kappa shape index (κ1) is 15.3. The van der Waals surface area contributed by atoms with Crippen molar-refractivity contribution in [1.82, 2.24) is 9.97 Å². The largest absolute Gasteiger partial charge is 0.366 e. The fraction of sp³-hybridized carbons (Fsp3) is 0.0714. The van der Waals surface area contributed by atoms with Gasteiger partial charge in [0.25, 0.3) is 5.91 Å². The second-order valence-electron chi connectivity index (χ2n) is 4.07. The lowest BCUT2D eigenvalue weighted by molar-refractivity contribution is 0.102. The molecule has 21 heavy (non-hydrogen) atoms. The van der Waals surface area contributed by atoms with Crippen LogP contribution in [-0.2, 0) is 0 Å². The van der Waals surface area contributed by atoms with Gasteiger partial charge in [0.05, 0.1) is 0 Å². The van der Waals surface area contributed by atoms with Crippen molar-refractivity contribution in [3.05, 3.63) is 59.0 Å². The molecule has 1 amide bonds. The van der Waals surface area contributed by atoms with Gasteiger partial charge in [-0.2, -0.15) is 0 Å². The van der Waals surface area contributed by atoms with Crippen molar-refractivity contribution in [3.8, 4) is 0 Å². The van der Waals surface area contributed by atoms with E-state index < -0.39 is 0 Å². The van der Waals surface area contributed by atoms with Gasteiger partial charge in [-0.15, -0.1) is 6.58 Å². The fourth-order valence-electron chi connectivity index (χ4n) is 1.58. The zero-order valence-electron chi connectivity index (χ0n) is 10.9. The van der Waals surface area contributed by atoms with Crippen LogP contribution in [0.1, 0.15) is 10.5 Å². The molecular formula is C14H12Cl2N4O. The molecule has 5 nitrogen and oxygen atoms in total. The average Bonchev–Trinajstić information content (AvgIpc) is 2.44. The summed E-state index contributed by atoms with van der Waals surface area (Å²) in [5, 5.41) is 6.53. The first-order valence-electron chi connectivity index (χ1n) is 6.03. The van der Waals surface area contributed by atoms with E-state index in [9.17, 15) is 4.79 Å². The van der Waals surface area contributed by atoms with Gasteiger partial charge in [0.1, 0.15) is 17.8 Å². The highest BCUT2D eigenvalue weighted by Crippen LogP contribution is 2.22. The van der Waals surface area contributed by atoms with Crippen molar-refractivity contribution in [2.24, 2.45) is 0 Å². The van der Waals surface area contributed by atoms with E-state index in [0.717, 1.165) is 0 Å². The summed E-state index contributed by atoms with van der Waals surface area (Å²) < 4.78 is 0. The predicted octanol–water partition coefficient (Wildman–Crippen LogP) is 3.63. The summed E-state index contributed by atoms with van der Waals surface area (Å²) in [6.45, 7) is 4.14. The molecule has 0 saturated carbocycles. The van der Waals surface area contributed by atoms with Gasteiger partial charge in [0.2, 0.25) is 0 Å². The fourth-order valence-corrected chi connectivity index (χ4v) is 2.10. The van der Waals surface area contributed by atoms with E-state index in [1.807, 2.05) is 0 Å². The molecule has 1 aromatic carbocycles. The van der Waals surface area contributed by atoms with Crippen LogP contribution in [0.15, 0.2) is 43.2 Å². The molecule has 1 aromatic heterocycles. The molecule has 0 saturated heterocycles. The van der Waals surface area contributed by atoms with Crippen LogP contribution in [-0.4, -0.2) is 22.4 Å². The van der Waals surface area contributed by atoms with Gasteiger partial charge in [-0.3, -0.25) is 4.79 Å². The van der Waals surface area contributed by atoms with Crippen LogP contribution in [0.2, 0.25) is 10.0 Å². The Morgan fingerprint density at radius 2 is 1.90 bits per heavy atom. The lowest BCUT2D eigenvalue weighted by Crippen LogP contribution is -2.14. The molecule has 0 aliphatic carbocycles. The number of rotatable bonds is 5. The lowest BCUT2D eigenvalue weighted by Gasteiger charge is -2.07. The Labute approximate surface area is 132 Å². The van der Waals surface area contributed by atoms with Gasteiger partial charge in [-0.1, -0.05) is 29.3 Å². The van der Waals surface area contributed by atoms with Crippen LogP contribution in [0.3, 0.4) is 0 Å². The number of benzene rings is 1. The third kappa shape index (κ3) is 4.44. The molecular weight excluding hydrogens is 311 g/mol. The minimum absolute atomic E-state index is 0.229. The third-order valence-electron chi connectivity index (χ3n) is 2.45. The van der Waals surface area contributed by atoms with E-state index in [4.69, 9.17) is 23.2 Å². The Bertz CT molecular complexity index is 656. The van der Waals surface area contributed by atoms with Gasteiger partial charge >= 0.3 is 0 Å². The maximum absolute atomic E-state index is 12.1. The second kappa shape index (κ2) is 7.06. The Kier molecular flexibility index (Phi) is 5.14. The van der Waals surface area contributed by atoms with Gasteiger partial charge in [-0.25, -0.2) is 9.97 Å². The zero-order chi connectivity index (χ0) is 15.2. The molecule has 0 spiro atoms. The maximum Gasteiger partial charge on any atom is 0.274 e. The predicted molar refractivity (Wildman–Crippen MR) is 85.1 cm³/mol. The number of carbonyl (C=O) groups is 1. The van der Waals surface area contributed by atoms with Gasteiger partial charge in [0, 0.05) is 28.3 Å². The summed E-state index contributed by atoms with van der Waals surface area (Å²) in [7, 11) is 0. The summed E-state index contributed by atoms with van der Waals surface area (Å²) in [4.78, 5) is 20.1. The first-order chi connectivity index (χ1) is 10.1. The number of hydrogen-bond donors (Lipinski definition) is 2. The Balaban J connectivity index is 2.14. The topological polar surface area (TPSA) is 66.9 Å². The van der Waals surface area contributed by atoms with Crippen molar-refractivity contribution in [3.63, 3.8) is 0 Å². The zero-order valence-corrected chi connectivity index (χ0v) is 12.4. The number of hydrogen-bond acceptors (Lipinski definition) is 4. The van der Waals surface area contributed by atoms with Crippen LogP contribution in [0.25, 0.3) is 0 Å². The van der Waals surface area contributed by atoms with Gasteiger partial charge in [0.15, 0.2) is 0 Å². The first-order valence-corrected chi connectivity index (χ1v) is 6.78. The summed E-state index contributed by atoms with van der Waals surface area (Å²) in [5.41, 5.74) is 0.726. The molecule has 7 heteroatoms.